The van der Waals surface area contributed by atoms with Crippen molar-refractivity contribution in [3.63, 3.8) is 0 Å². The van der Waals surface area contributed by atoms with Crippen LogP contribution in [0.15, 0.2) is 84.9 Å². The fourth-order valence-corrected chi connectivity index (χ4v) is 3.59. The third-order valence-corrected chi connectivity index (χ3v) is 5.24. The molecule has 1 unspecified atom stereocenters. The SMILES string of the molecule is COc1ccccc1C(Nc1cccc(OCc2ccc3ccccc3n2)c1)[C@@H](O)C(=O)O. The van der Waals surface area contributed by atoms with Crippen molar-refractivity contribution in [3.05, 3.63) is 96.2 Å². The normalized spacial score (nSPS) is 12.7. The smallest absolute Gasteiger partial charge is 0.335 e. The van der Waals surface area contributed by atoms with Gasteiger partial charge in [0.15, 0.2) is 6.10 Å². The number of fused-ring (bicyclic) bond motifs is 1. The summed E-state index contributed by atoms with van der Waals surface area (Å²) in [4.78, 5) is 16.2. The number of carboxylic acids is 1. The average Bonchev–Trinajstić information content (AvgIpc) is 2.85. The summed E-state index contributed by atoms with van der Waals surface area (Å²) >= 11 is 0. The molecular weight excluding hydrogens is 420 g/mol. The maximum Gasteiger partial charge on any atom is 0.335 e. The van der Waals surface area contributed by atoms with Crippen molar-refractivity contribution < 1.29 is 24.5 Å². The number of para-hydroxylation sites is 2. The predicted molar refractivity (Wildman–Crippen MR) is 126 cm³/mol. The van der Waals surface area contributed by atoms with Gasteiger partial charge in [0.1, 0.15) is 18.1 Å². The number of carboxylic acid groups (broad SMARTS) is 1. The first-order valence-corrected chi connectivity index (χ1v) is 10.4. The first-order valence-electron chi connectivity index (χ1n) is 10.4. The van der Waals surface area contributed by atoms with Crippen LogP contribution in [-0.2, 0) is 11.4 Å². The van der Waals surface area contributed by atoms with Gasteiger partial charge in [-0.15, -0.1) is 0 Å². The number of anilines is 1. The summed E-state index contributed by atoms with van der Waals surface area (Å²) < 4.78 is 11.3. The van der Waals surface area contributed by atoms with E-state index in [9.17, 15) is 15.0 Å². The van der Waals surface area contributed by atoms with Crippen LogP contribution in [0.3, 0.4) is 0 Å². The molecule has 4 rings (SSSR count). The number of aromatic nitrogens is 1. The lowest BCUT2D eigenvalue weighted by molar-refractivity contribution is -0.147. The second kappa shape index (κ2) is 10.0. The Hall–Kier alpha value is -4.10. The number of hydrogen-bond donors (Lipinski definition) is 3. The Morgan fingerprint density at radius 1 is 1.00 bits per heavy atom. The minimum atomic E-state index is -1.69. The van der Waals surface area contributed by atoms with E-state index < -0.39 is 18.1 Å². The van der Waals surface area contributed by atoms with Crippen LogP contribution in [-0.4, -0.2) is 34.4 Å². The highest BCUT2D eigenvalue weighted by Gasteiger charge is 2.29. The predicted octanol–water partition coefficient (Wildman–Crippen LogP) is 4.42. The van der Waals surface area contributed by atoms with Crippen LogP contribution in [0.2, 0.25) is 0 Å². The maximum atomic E-state index is 11.6. The molecule has 0 saturated carbocycles. The average molecular weight is 444 g/mol. The van der Waals surface area contributed by atoms with E-state index in [0.29, 0.717) is 22.7 Å². The summed E-state index contributed by atoms with van der Waals surface area (Å²) in [6, 6.07) is 25.0. The number of aliphatic carboxylic acids is 1. The van der Waals surface area contributed by atoms with Gasteiger partial charge in [0.2, 0.25) is 0 Å². The molecule has 3 N–H and O–H groups in total. The number of benzene rings is 3. The van der Waals surface area contributed by atoms with Crippen molar-refractivity contribution in [1.29, 1.82) is 0 Å². The minimum absolute atomic E-state index is 0.280. The van der Waals surface area contributed by atoms with Gasteiger partial charge < -0.3 is 25.0 Å². The van der Waals surface area contributed by atoms with E-state index in [2.05, 4.69) is 10.3 Å². The van der Waals surface area contributed by atoms with Crippen molar-refractivity contribution >= 4 is 22.6 Å². The molecule has 0 aliphatic heterocycles. The Morgan fingerprint density at radius 3 is 2.61 bits per heavy atom. The van der Waals surface area contributed by atoms with Crippen molar-refractivity contribution in [2.45, 2.75) is 18.8 Å². The summed E-state index contributed by atoms with van der Waals surface area (Å²) in [5, 5.41) is 24.0. The topological polar surface area (TPSA) is 101 Å². The molecule has 7 heteroatoms. The van der Waals surface area contributed by atoms with Gasteiger partial charge in [-0.25, -0.2) is 9.78 Å². The number of hydrogen-bond acceptors (Lipinski definition) is 6. The molecule has 33 heavy (non-hydrogen) atoms. The van der Waals surface area contributed by atoms with Crippen LogP contribution in [0.25, 0.3) is 10.9 Å². The van der Waals surface area contributed by atoms with Gasteiger partial charge in [-0.2, -0.15) is 0 Å². The lowest BCUT2D eigenvalue weighted by atomic mass is 9.99. The zero-order chi connectivity index (χ0) is 23.2. The summed E-state index contributed by atoms with van der Waals surface area (Å²) in [5.74, 6) is -0.281. The molecule has 3 aromatic carbocycles. The van der Waals surface area contributed by atoms with E-state index in [1.807, 2.05) is 36.4 Å². The summed E-state index contributed by atoms with van der Waals surface area (Å²) in [6.07, 6.45) is -1.69. The molecule has 0 bridgehead atoms. The maximum absolute atomic E-state index is 11.6. The van der Waals surface area contributed by atoms with Gasteiger partial charge in [0.05, 0.1) is 24.4 Å². The summed E-state index contributed by atoms with van der Waals surface area (Å²) in [5.41, 5.74) is 2.81. The number of rotatable bonds is 9. The van der Waals surface area contributed by atoms with E-state index in [1.165, 1.54) is 7.11 Å². The Labute approximate surface area is 191 Å². The molecular formula is C26H24N2O5. The van der Waals surface area contributed by atoms with Crippen molar-refractivity contribution in [2.75, 3.05) is 12.4 Å². The molecule has 4 aromatic rings. The number of nitrogens with one attached hydrogen (secondary N) is 1. The molecule has 1 aromatic heterocycles. The molecule has 2 atom stereocenters. The van der Waals surface area contributed by atoms with Crippen molar-refractivity contribution in [1.82, 2.24) is 4.98 Å². The molecule has 0 amide bonds. The van der Waals surface area contributed by atoms with Gasteiger partial charge in [-0.05, 0) is 30.3 Å². The van der Waals surface area contributed by atoms with Crippen LogP contribution < -0.4 is 14.8 Å². The molecule has 0 saturated heterocycles. The molecule has 168 valence electrons. The van der Waals surface area contributed by atoms with Gasteiger partial charge >= 0.3 is 5.97 Å². The molecule has 0 fully saturated rings. The zero-order valence-corrected chi connectivity index (χ0v) is 18.0. The quantitative estimate of drug-likeness (QED) is 0.351. The van der Waals surface area contributed by atoms with Gasteiger partial charge in [-0.1, -0.05) is 48.5 Å². The standard InChI is InChI=1S/C26H24N2O5/c1-32-23-12-5-3-10-21(23)24(25(29)26(30)31)28-18-8-6-9-20(15-18)33-16-19-14-13-17-7-2-4-11-22(17)27-19/h2-15,24-25,28-29H,16H2,1H3,(H,30,31)/t24?,25-/m1/s1. The number of nitrogens with zero attached hydrogens (tertiary/aromatic N) is 1. The number of pyridine rings is 1. The Balaban J connectivity index is 1.53. The number of ether oxygens (including phenoxy) is 2. The second-order valence-electron chi connectivity index (χ2n) is 7.46. The first kappa shape index (κ1) is 22.1. The molecule has 1 heterocycles. The fraction of sp³-hybridized carbons (Fsp3) is 0.154. The zero-order valence-electron chi connectivity index (χ0n) is 18.0. The minimum Gasteiger partial charge on any atom is -0.496 e. The molecule has 7 nitrogen and oxygen atoms in total. The number of aliphatic hydroxyl groups excluding tert-OH is 1. The Morgan fingerprint density at radius 2 is 1.79 bits per heavy atom. The van der Waals surface area contributed by atoms with Crippen LogP contribution in [0.1, 0.15) is 17.3 Å². The van der Waals surface area contributed by atoms with Crippen LogP contribution in [0, 0.1) is 0 Å². The molecule has 0 spiro atoms. The van der Waals surface area contributed by atoms with Gasteiger partial charge in [0.25, 0.3) is 0 Å². The Kier molecular flexibility index (Phi) is 6.71. The number of methoxy groups -OCH3 is 1. The Bertz CT molecular complexity index is 1260. The van der Waals surface area contributed by atoms with E-state index in [4.69, 9.17) is 9.47 Å². The van der Waals surface area contributed by atoms with Crippen LogP contribution >= 0.6 is 0 Å². The molecule has 0 radical (unpaired) electrons. The monoisotopic (exact) mass is 444 g/mol. The highest BCUT2D eigenvalue weighted by Crippen LogP contribution is 2.31. The lowest BCUT2D eigenvalue weighted by Gasteiger charge is -2.25. The van der Waals surface area contributed by atoms with Gasteiger partial charge in [0, 0.05) is 22.7 Å². The van der Waals surface area contributed by atoms with E-state index >= 15 is 0 Å². The van der Waals surface area contributed by atoms with Crippen LogP contribution in [0.4, 0.5) is 5.69 Å². The second-order valence-corrected chi connectivity index (χ2v) is 7.46. The number of carbonyl (C=O) groups is 1. The third kappa shape index (κ3) is 5.22. The number of aliphatic hydroxyl groups is 1. The van der Waals surface area contributed by atoms with Crippen molar-refractivity contribution in [3.8, 4) is 11.5 Å². The van der Waals surface area contributed by atoms with Gasteiger partial charge in [-0.3, -0.25) is 0 Å². The van der Waals surface area contributed by atoms with Crippen molar-refractivity contribution in [2.24, 2.45) is 0 Å². The largest absolute Gasteiger partial charge is 0.496 e. The van der Waals surface area contributed by atoms with E-state index in [0.717, 1.165) is 16.6 Å². The third-order valence-electron chi connectivity index (χ3n) is 5.24. The first-order chi connectivity index (χ1) is 16.0. The van der Waals surface area contributed by atoms with Crippen LogP contribution in [0.5, 0.6) is 11.5 Å². The molecule has 0 aliphatic carbocycles. The van der Waals surface area contributed by atoms with E-state index in [1.54, 1.807) is 48.5 Å². The molecule has 0 aliphatic rings. The summed E-state index contributed by atoms with van der Waals surface area (Å²) in [7, 11) is 1.50. The summed E-state index contributed by atoms with van der Waals surface area (Å²) in [6.45, 7) is 0.280. The highest BCUT2D eigenvalue weighted by molar-refractivity contribution is 5.78. The van der Waals surface area contributed by atoms with E-state index in [-0.39, 0.29) is 6.61 Å². The lowest BCUT2D eigenvalue weighted by Crippen LogP contribution is -2.32. The highest BCUT2D eigenvalue weighted by atomic mass is 16.5. The fourth-order valence-electron chi connectivity index (χ4n) is 3.59.